The standard InChI is InChI=1S/C17H20BrFN2O2/c1-17(2,3)23-16(22)21-7-6-11(15(21)10-20)8-12-9-13(18)4-5-14(12)19/h4-5,9,11,15H,6-8H2,1-3H3/t11-,15?/m1/s1. The van der Waals surface area contributed by atoms with E-state index in [9.17, 15) is 14.4 Å². The summed E-state index contributed by atoms with van der Waals surface area (Å²) in [7, 11) is 0. The minimum absolute atomic E-state index is 0.101. The molecule has 1 fully saturated rings. The first-order valence-electron chi connectivity index (χ1n) is 7.54. The van der Waals surface area contributed by atoms with E-state index >= 15 is 0 Å². The molecule has 0 saturated carbocycles. The number of ether oxygens (including phenoxy) is 1. The molecule has 1 aliphatic rings. The van der Waals surface area contributed by atoms with Crippen LogP contribution < -0.4 is 0 Å². The summed E-state index contributed by atoms with van der Waals surface area (Å²) >= 11 is 3.33. The van der Waals surface area contributed by atoms with Crippen molar-refractivity contribution < 1.29 is 13.9 Å². The molecule has 0 radical (unpaired) electrons. The zero-order valence-corrected chi connectivity index (χ0v) is 15.1. The summed E-state index contributed by atoms with van der Waals surface area (Å²) in [5.41, 5.74) is -0.0540. The molecule has 2 atom stereocenters. The highest BCUT2D eigenvalue weighted by atomic mass is 79.9. The van der Waals surface area contributed by atoms with Crippen molar-refractivity contribution in [1.29, 1.82) is 5.26 Å². The van der Waals surface area contributed by atoms with Gasteiger partial charge >= 0.3 is 6.09 Å². The van der Waals surface area contributed by atoms with Gasteiger partial charge in [0.1, 0.15) is 17.5 Å². The van der Waals surface area contributed by atoms with Crippen molar-refractivity contribution in [1.82, 2.24) is 4.90 Å². The van der Waals surface area contributed by atoms with Crippen molar-refractivity contribution in [2.24, 2.45) is 5.92 Å². The van der Waals surface area contributed by atoms with E-state index < -0.39 is 17.7 Å². The molecule has 0 aromatic heterocycles. The summed E-state index contributed by atoms with van der Waals surface area (Å²) in [5, 5.41) is 9.45. The Balaban J connectivity index is 2.12. The highest BCUT2D eigenvalue weighted by molar-refractivity contribution is 9.10. The van der Waals surface area contributed by atoms with E-state index in [1.165, 1.54) is 11.0 Å². The molecule has 1 heterocycles. The molecule has 124 valence electrons. The van der Waals surface area contributed by atoms with Gasteiger partial charge in [-0.25, -0.2) is 9.18 Å². The fourth-order valence-corrected chi connectivity index (χ4v) is 3.16. The van der Waals surface area contributed by atoms with Gasteiger partial charge in [-0.2, -0.15) is 5.26 Å². The lowest BCUT2D eigenvalue weighted by Gasteiger charge is -2.27. The Morgan fingerprint density at radius 1 is 1.52 bits per heavy atom. The molecule has 0 spiro atoms. The maximum atomic E-state index is 13.9. The fourth-order valence-electron chi connectivity index (χ4n) is 2.75. The Bertz CT molecular complexity index is 636. The van der Waals surface area contributed by atoms with Crippen LogP contribution in [-0.2, 0) is 11.2 Å². The van der Waals surface area contributed by atoms with Crippen molar-refractivity contribution in [2.75, 3.05) is 6.54 Å². The molecule has 0 N–H and O–H groups in total. The van der Waals surface area contributed by atoms with Crippen molar-refractivity contribution in [2.45, 2.75) is 45.3 Å². The molecule has 0 bridgehead atoms. The third-order valence-electron chi connectivity index (χ3n) is 3.77. The normalized spacial score (nSPS) is 21.1. The maximum Gasteiger partial charge on any atom is 0.411 e. The predicted molar refractivity (Wildman–Crippen MR) is 88.3 cm³/mol. The van der Waals surface area contributed by atoms with Gasteiger partial charge in [0, 0.05) is 11.0 Å². The molecule has 0 aliphatic carbocycles. The van der Waals surface area contributed by atoms with Crippen molar-refractivity contribution in [3.8, 4) is 6.07 Å². The number of nitriles is 1. The molecule has 6 heteroatoms. The molecule has 4 nitrogen and oxygen atoms in total. The van der Waals surface area contributed by atoms with Gasteiger partial charge < -0.3 is 4.74 Å². The number of hydrogen-bond acceptors (Lipinski definition) is 3. The topological polar surface area (TPSA) is 53.3 Å². The van der Waals surface area contributed by atoms with Gasteiger partial charge in [-0.3, -0.25) is 4.90 Å². The van der Waals surface area contributed by atoms with Crippen LogP contribution in [-0.4, -0.2) is 29.2 Å². The third kappa shape index (κ3) is 4.44. The van der Waals surface area contributed by atoms with E-state index in [-0.39, 0.29) is 11.7 Å². The Morgan fingerprint density at radius 3 is 2.83 bits per heavy atom. The van der Waals surface area contributed by atoms with Crippen molar-refractivity contribution in [3.63, 3.8) is 0 Å². The van der Waals surface area contributed by atoms with Crippen molar-refractivity contribution in [3.05, 3.63) is 34.1 Å². The smallest absolute Gasteiger partial charge is 0.411 e. The Hall–Kier alpha value is -1.61. The van der Waals surface area contributed by atoms with Gasteiger partial charge in [0.05, 0.1) is 6.07 Å². The molecule has 1 saturated heterocycles. The monoisotopic (exact) mass is 382 g/mol. The molecule has 1 aromatic carbocycles. The van der Waals surface area contributed by atoms with Crippen LogP contribution in [0.1, 0.15) is 32.8 Å². The van der Waals surface area contributed by atoms with Crippen molar-refractivity contribution >= 4 is 22.0 Å². The lowest BCUT2D eigenvalue weighted by Crippen LogP contribution is -2.41. The zero-order chi connectivity index (χ0) is 17.2. The lowest BCUT2D eigenvalue weighted by atomic mass is 9.93. The van der Waals surface area contributed by atoms with Crippen LogP contribution in [0.25, 0.3) is 0 Å². The van der Waals surface area contributed by atoms with Gasteiger partial charge in [0.2, 0.25) is 0 Å². The van der Waals surface area contributed by atoms with Crippen LogP contribution in [0.2, 0.25) is 0 Å². The minimum atomic E-state index is -0.606. The molecular formula is C17H20BrFN2O2. The molecule has 1 aromatic rings. The number of benzene rings is 1. The second-order valence-electron chi connectivity index (χ2n) is 6.74. The molecule has 23 heavy (non-hydrogen) atoms. The zero-order valence-electron chi connectivity index (χ0n) is 13.5. The summed E-state index contributed by atoms with van der Waals surface area (Å²) in [6.45, 7) is 5.82. The Labute approximate surface area is 144 Å². The van der Waals surface area contributed by atoms with E-state index in [0.717, 1.165) is 4.47 Å². The van der Waals surface area contributed by atoms with Crippen LogP contribution in [0, 0.1) is 23.1 Å². The highest BCUT2D eigenvalue weighted by Crippen LogP contribution is 2.30. The predicted octanol–water partition coefficient (Wildman–Crippen LogP) is 4.28. The maximum absolute atomic E-state index is 13.9. The molecule has 1 amide bonds. The van der Waals surface area contributed by atoms with Gasteiger partial charge in [-0.05, 0) is 63.3 Å². The van der Waals surface area contributed by atoms with E-state index in [1.807, 2.05) is 0 Å². The van der Waals surface area contributed by atoms with Gasteiger partial charge in [-0.15, -0.1) is 0 Å². The lowest BCUT2D eigenvalue weighted by molar-refractivity contribution is 0.0247. The number of amides is 1. The van der Waals surface area contributed by atoms with Crippen LogP contribution >= 0.6 is 15.9 Å². The Morgan fingerprint density at radius 2 is 2.22 bits per heavy atom. The van der Waals surface area contributed by atoms with E-state index in [4.69, 9.17) is 4.74 Å². The quantitative estimate of drug-likeness (QED) is 0.766. The number of likely N-dealkylation sites (tertiary alicyclic amines) is 1. The summed E-state index contributed by atoms with van der Waals surface area (Å²) in [6.07, 6.45) is 0.591. The Kier molecular flexibility index (Phi) is 5.30. The van der Waals surface area contributed by atoms with Crippen LogP contribution in [0.3, 0.4) is 0 Å². The van der Waals surface area contributed by atoms with E-state index in [2.05, 4.69) is 22.0 Å². The number of carbonyl (C=O) groups is 1. The van der Waals surface area contributed by atoms with Crippen LogP contribution in [0.15, 0.2) is 22.7 Å². The average Bonchev–Trinajstić information content (AvgIpc) is 2.84. The summed E-state index contributed by atoms with van der Waals surface area (Å²) in [4.78, 5) is 13.7. The number of halogens is 2. The molecular weight excluding hydrogens is 363 g/mol. The highest BCUT2D eigenvalue weighted by Gasteiger charge is 2.39. The SMILES string of the molecule is CC(C)(C)OC(=O)N1CC[C@H](Cc2cc(Br)ccc2F)C1C#N. The van der Waals surface area contributed by atoms with Crippen LogP contribution in [0.5, 0.6) is 0 Å². The summed E-state index contributed by atoms with van der Waals surface area (Å²) in [6, 6.07) is 6.35. The number of nitrogens with zero attached hydrogens (tertiary/aromatic N) is 2. The minimum Gasteiger partial charge on any atom is -0.444 e. The summed E-state index contributed by atoms with van der Waals surface area (Å²) in [5.74, 6) is -0.392. The van der Waals surface area contributed by atoms with Gasteiger partial charge in [-0.1, -0.05) is 15.9 Å². The van der Waals surface area contributed by atoms with Gasteiger partial charge in [0.15, 0.2) is 0 Å². The number of rotatable bonds is 2. The largest absolute Gasteiger partial charge is 0.444 e. The number of hydrogen-bond donors (Lipinski definition) is 0. The van der Waals surface area contributed by atoms with Gasteiger partial charge in [0.25, 0.3) is 0 Å². The summed E-state index contributed by atoms with van der Waals surface area (Å²) < 4.78 is 20.1. The van der Waals surface area contributed by atoms with E-state index in [0.29, 0.717) is 24.9 Å². The third-order valence-corrected chi connectivity index (χ3v) is 4.27. The molecule has 1 unspecified atom stereocenters. The first-order chi connectivity index (χ1) is 10.7. The first kappa shape index (κ1) is 17.7. The second-order valence-corrected chi connectivity index (χ2v) is 7.65. The second kappa shape index (κ2) is 6.88. The fraction of sp³-hybridized carbons (Fsp3) is 0.529. The molecule has 1 aliphatic heterocycles. The molecule has 2 rings (SSSR count). The van der Waals surface area contributed by atoms with Crippen LogP contribution in [0.4, 0.5) is 9.18 Å². The number of carbonyl (C=O) groups excluding carboxylic acids is 1. The first-order valence-corrected chi connectivity index (χ1v) is 8.34. The van der Waals surface area contributed by atoms with E-state index in [1.54, 1.807) is 32.9 Å². The average molecular weight is 383 g/mol.